The topological polar surface area (TPSA) is 84.2 Å². The summed E-state index contributed by atoms with van der Waals surface area (Å²) in [5, 5.41) is 15.5. The smallest absolute Gasteiger partial charge is 0.326 e. The first-order chi connectivity index (χ1) is 8.38. The number of aryl methyl sites for hydroxylation is 1. The molecule has 1 atom stereocenters. The number of carboxylic acids is 1. The Morgan fingerprint density at radius 2 is 2.17 bits per heavy atom. The van der Waals surface area contributed by atoms with Gasteiger partial charge in [0, 0.05) is 13.2 Å². The van der Waals surface area contributed by atoms with Gasteiger partial charge in [0.05, 0.1) is 12.6 Å². The first-order valence-corrected chi connectivity index (χ1v) is 5.88. The number of nitrogens with zero attached hydrogens (tertiary/aromatic N) is 2. The standard InChI is InChI=1S/C12H19N3O3/c1-8(2)4-10(12(17)18)14-11(16)5-9-6-13-15(3)7-9/h6-8,10H,4-5H2,1-3H3,(H,14,16)(H,17,18)/t10-/m0/s1. The van der Waals surface area contributed by atoms with Crippen LogP contribution >= 0.6 is 0 Å². The van der Waals surface area contributed by atoms with Crippen LogP contribution in [-0.2, 0) is 23.1 Å². The van der Waals surface area contributed by atoms with Gasteiger partial charge in [-0.1, -0.05) is 13.8 Å². The molecule has 18 heavy (non-hydrogen) atoms. The van der Waals surface area contributed by atoms with Crippen molar-refractivity contribution in [3.8, 4) is 0 Å². The molecule has 6 heteroatoms. The number of carbonyl (C=O) groups is 2. The molecule has 1 rings (SSSR count). The van der Waals surface area contributed by atoms with Crippen LogP contribution in [0.3, 0.4) is 0 Å². The second-order valence-electron chi connectivity index (χ2n) is 4.79. The molecule has 0 saturated carbocycles. The Morgan fingerprint density at radius 3 is 2.61 bits per heavy atom. The van der Waals surface area contributed by atoms with Gasteiger partial charge in [0.15, 0.2) is 0 Å². The number of carboxylic acid groups (broad SMARTS) is 1. The number of nitrogens with one attached hydrogen (secondary N) is 1. The van der Waals surface area contributed by atoms with E-state index in [1.807, 2.05) is 13.8 Å². The Morgan fingerprint density at radius 1 is 1.50 bits per heavy atom. The molecule has 0 saturated heterocycles. The van der Waals surface area contributed by atoms with Gasteiger partial charge in [-0.2, -0.15) is 5.10 Å². The lowest BCUT2D eigenvalue weighted by molar-refractivity contribution is -0.142. The van der Waals surface area contributed by atoms with Gasteiger partial charge < -0.3 is 10.4 Å². The fraction of sp³-hybridized carbons (Fsp3) is 0.583. The maximum absolute atomic E-state index is 11.7. The summed E-state index contributed by atoms with van der Waals surface area (Å²) in [6, 6.07) is -0.825. The lowest BCUT2D eigenvalue weighted by Gasteiger charge is -2.16. The number of carbonyl (C=O) groups excluding carboxylic acids is 1. The van der Waals surface area contributed by atoms with Crippen molar-refractivity contribution in [1.29, 1.82) is 0 Å². The fourth-order valence-corrected chi connectivity index (χ4v) is 1.69. The minimum absolute atomic E-state index is 0.149. The summed E-state index contributed by atoms with van der Waals surface area (Å²) in [6.45, 7) is 3.84. The normalized spacial score (nSPS) is 12.4. The third-order valence-corrected chi connectivity index (χ3v) is 2.46. The SMILES string of the molecule is CC(C)C[C@H](NC(=O)Cc1cnn(C)c1)C(=O)O. The lowest BCUT2D eigenvalue weighted by Crippen LogP contribution is -2.42. The fourth-order valence-electron chi connectivity index (χ4n) is 1.69. The Labute approximate surface area is 106 Å². The molecule has 0 aromatic carbocycles. The molecule has 2 N–H and O–H groups in total. The van der Waals surface area contributed by atoms with Crippen LogP contribution in [0.2, 0.25) is 0 Å². The molecule has 100 valence electrons. The molecule has 0 bridgehead atoms. The molecule has 0 unspecified atom stereocenters. The number of hydrogen-bond acceptors (Lipinski definition) is 3. The molecule has 1 amide bonds. The van der Waals surface area contributed by atoms with E-state index >= 15 is 0 Å². The molecule has 0 radical (unpaired) electrons. The van der Waals surface area contributed by atoms with Crippen molar-refractivity contribution in [2.45, 2.75) is 32.7 Å². The van der Waals surface area contributed by atoms with Crippen molar-refractivity contribution in [3.63, 3.8) is 0 Å². The second-order valence-corrected chi connectivity index (χ2v) is 4.79. The maximum Gasteiger partial charge on any atom is 0.326 e. The summed E-state index contributed by atoms with van der Waals surface area (Å²) in [4.78, 5) is 22.7. The molecular formula is C12H19N3O3. The summed E-state index contributed by atoms with van der Waals surface area (Å²) < 4.78 is 1.60. The molecular weight excluding hydrogens is 234 g/mol. The van der Waals surface area contributed by atoms with Gasteiger partial charge in [-0.3, -0.25) is 9.48 Å². The second kappa shape index (κ2) is 6.18. The van der Waals surface area contributed by atoms with Gasteiger partial charge >= 0.3 is 5.97 Å². The van der Waals surface area contributed by atoms with E-state index < -0.39 is 12.0 Å². The molecule has 0 spiro atoms. The van der Waals surface area contributed by atoms with Gasteiger partial charge in [-0.05, 0) is 17.9 Å². The van der Waals surface area contributed by atoms with Crippen LogP contribution in [0, 0.1) is 5.92 Å². The summed E-state index contributed by atoms with van der Waals surface area (Å²) in [6.07, 6.45) is 3.90. The van der Waals surface area contributed by atoms with Gasteiger partial charge in [-0.25, -0.2) is 4.79 Å². The van der Waals surface area contributed by atoms with Crippen LogP contribution in [-0.4, -0.2) is 32.8 Å². The molecule has 1 aromatic rings. The molecule has 1 aromatic heterocycles. The molecule has 0 aliphatic carbocycles. The van der Waals surface area contributed by atoms with Crippen molar-refractivity contribution in [2.75, 3.05) is 0 Å². The molecule has 0 fully saturated rings. The number of rotatable bonds is 6. The zero-order valence-electron chi connectivity index (χ0n) is 10.9. The van der Waals surface area contributed by atoms with Gasteiger partial charge in [0.25, 0.3) is 0 Å². The zero-order valence-corrected chi connectivity index (χ0v) is 10.9. The minimum Gasteiger partial charge on any atom is -0.480 e. The van der Waals surface area contributed by atoms with E-state index in [4.69, 9.17) is 5.11 Å². The van der Waals surface area contributed by atoms with Crippen LogP contribution in [0.1, 0.15) is 25.8 Å². The monoisotopic (exact) mass is 253 g/mol. The van der Waals surface area contributed by atoms with E-state index in [1.165, 1.54) is 0 Å². The highest BCUT2D eigenvalue weighted by Crippen LogP contribution is 2.06. The first-order valence-electron chi connectivity index (χ1n) is 5.88. The van der Waals surface area contributed by atoms with Crippen molar-refractivity contribution < 1.29 is 14.7 Å². The Balaban J connectivity index is 2.53. The van der Waals surface area contributed by atoms with E-state index in [0.717, 1.165) is 5.56 Å². The minimum atomic E-state index is -0.997. The maximum atomic E-state index is 11.7. The quantitative estimate of drug-likeness (QED) is 0.776. The van der Waals surface area contributed by atoms with E-state index in [9.17, 15) is 9.59 Å². The summed E-state index contributed by atoms with van der Waals surface area (Å²) in [5.74, 6) is -1.08. The molecule has 0 aliphatic heterocycles. The summed E-state index contributed by atoms with van der Waals surface area (Å²) in [7, 11) is 1.76. The average molecular weight is 253 g/mol. The van der Waals surface area contributed by atoms with Crippen LogP contribution in [0.4, 0.5) is 0 Å². The first kappa shape index (κ1) is 14.2. The van der Waals surface area contributed by atoms with Crippen molar-refractivity contribution in [3.05, 3.63) is 18.0 Å². The number of hydrogen-bond donors (Lipinski definition) is 2. The lowest BCUT2D eigenvalue weighted by atomic mass is 10.0. The van der Waals surface area contributed by atoms with Crippen LogP contribution in [0.15, 0.2) is 12.4 Å². The third-order valence-electron chi connectivity index (χ3n) is 2.46. The Kier molecular flexibility index (Phi) is 4.88. The number of aromatic nitrogens is 2. The van der Waals surface area contributed by atoms with Crippen molar-refractivity contribution >= 4 is 11.9 Å². The summed E-state index contributed by atoms with van der Waals surface area (Å²) in [5.41, 5.74) is 0.767. The predicted molar refractivity (Wildman–Crippen MR) is 65.9 cm³/mol. The summed E-state index contributed by atoms with van der Waals surface area (Å²) >= 11 is 0. The number of amides is 1. The van der Waals surface area contributed by atoms with Gasteiger partial charge in [-0.15, -0.1) is 0 Å². The largest absolute Gasteiger partial charge is 0.480 e. The van der Waals surface area contributed by atoms with E-state index in [-0.39, 0.29) is 18.2 Å². The van der Waals surface area contributed by atoms with E-state index in [1.54, 1.807) is 24.1 Å². The highest BCUT2D eigenvalue weighted by atomic mass is 16.4. The Bertz CT molecular complexity index is 426. The highest BCUT2D eigenvalue weighted by Gasteiger charge is 2.21. The highest BCUT2D eigenvalue weighted by molar-refractivity contribution is 5.84. The van der Waals surface area contributed by atoms with Crippen LogP contribution in [0.5, 0.6) is 0 Å². The van der Waals surface area contributed by atoms with Crippen LogP contribution in [0.25, 0.3) is 0 Å². The van der Waals surface area contributed by atoms with Crippen molar-refractivity contribution in [1.82, 2.24) is 15.1 Å². The van der Waals surface area contributed by atoms with Crippen LogP contribution < -0.4 is 5.32 Å². The van der Waals surface area contributed by atoms with E-state index in [2.05, 4.69) is 10.4 Å². The molecule has 0 aliphatic rings. The zero-order chi connectivity index (χ0) is 13.7. The third kappa shape index (κ3) is 4.57. The van der Waals surface area contributed by atoms with Gasteiger partial charge in [0.2, 0.25) is 5.91 Å². The molecule has 6 nitrogen and oxygen atoms in total. The Hall–Kier alpha value is -1.85. The van der Waals surface area contributed by atoms with E-state index in [0.29, 0.717) is 6.42 Å². The number of aliphatic carboxylic acids is 1. The van der Waals surface area contributed by atoms with Crippen molar-refractivity contribution in [2.24, 2.45) is 13.0 Å². The average Bonchev–Trinajstić information content (AvgIpc) is 2.62. The molecule has 1 heterocycles. The van der Waals surface area contributed by atoms with Gasteiger partial charge in [0.1, 0.15) is 6.04 Å². The predicted octanol–water partition coefficient (Wildman–Crippen LogP) is 0.578.